The molecule has 0 aliphatic carbocycles. The number of aromatic nitrogens is 2. The van der Waals surface area contributed by atoms with Crippen molar-refractivity contribution in [2.45, 2.75) is 38.9 Å². The van der Waals surface area contributed by atoms with Gasteiger partial charge in [0.05, 0.1) is 30.6 Å². The quantitative estimate of drug-likeness (QED) is 0.536. The topological polar surface area (TPSA) is 71.4 Å². The largest absolute Gasteiger partial charge is 0.495 e. The van der Waals surface area contributed by atoms with Gasteiger partial charge < -0.3 is 24.8 Å². The molecule has 1 aliphatic rings. The molecule has 8 heteroatoms. The van der Waals surface area contributed by atoms with Crippen LogP contribution in [0.1, 0.15) is 50.2 Å². The molecule has 3 aromatic rings. The number of pyridine rings is 1. The zero-order valence-corrected chi connectivity index (χ0v) is 19.4. The molecule has 1 amide bonds. The summed E-state index contributed by atoms with van der Waals surface area (Å²) in [5, 5.41) is 6.91. The van der Waals surface area contributed by atoms with E-state index in [1.165, 1.54) is 6.92 Å². The number of anilines is 2. The molecule has 0 bridgehead atoms. The fourth-order valence-corrected chi connectivity index (χ4v) is 4.38. The predicted molar refractivity (Wildman–Crippen MR) is 130 cm³/mol. The summed E-state index contributed by atoms with van der Waals surface area (Å²) in [4.78, 5) is 18.4. The van der Waals surface area contributed by atoms with Gasteiger partial charge >= 0.3 is 0 Å². The number of amides is 1. The summed E-state index contributed by atoms with van der Waals surface area (Å²) >= 11 is 5.79. The molecular formula is C24H27N5O2S. The molecule has 2 atom stereocenters. The molecule has 1 saturated heterocycles. The first-order valence-electron chi connectivity index (χ1n) is 10.5. The Morgan fingerprint density at radius 3 is 2.69 bits per heavy atom. The maximum absolute atomic E-state index is 11.7. The molecule has 1 aromatic carbocycles. The van der Waals surface area contributed by atoms with Crippen LogP contribution in [0.25, 0.3) is 0 Å². The van der Waals surface area contributed by atoms with Crippen molar-refractivity contribution in [2.75, 3.05) is 17.3 Å². The van der Waals surface area contributed by atoms with E-state index >= 15 is 0 Å². The minimum Gasteiger partial charge on any atom is -0.495 e. The van der Waals surface area contributed by atoms with Crippen molar-refractivity contribution in [1.29, 1.82) is 0 Å². The number of benzene rings is 1. The highest BCUT2D eigenvalue weighted by Crippen LogP contribution is 2.43. The molecule has 3 heterocycles. The van der Waals surface area contributed by atoms with Gasteiger partial charge in [-0.25, -0.2) is 0 Å². The van der Waals surface area contributed by atoms with E-state index in [1.807, 2.05) is 36.4 Å². The molecule has 166 valence electrons. The summed E-state index contributed by atoms with van der Waals surface area (Å²) in [6.07, 6.45) is 6.04. The Kier molecular flexibility index (Phi) is 6.14. The van der Waals surface area contributed by atoms with E-state index in [1.54, 1.807) is 13.3 Å². The van der Waals surface area contributed by atoms with Crippen LogP contribution in [0.2, 0.25) is 0 Å². The number of ether oxygens (including phenoxy) is 1. The average Bonchev–Trinajstić information content (AvgIpc) is 3.38. The Labute approximate surface area is 193 Å². The SMILES string of the molecule is COc1ccc(N2C(=S)NC(c3ccccn3)C2c2ccn(C(C)C)c2)cc1NC(C)=O. The Bertz CT molecular complexity index is 1130. The Morgan fingerprint density at radius 1 is 1.25 bits per heavy atom. The molecule has 7 nitrogen and oxygen atoms in total. The second-order valence-electron chi connectivity index (χ2n) is 8.05. The second-order valence-corrected chi connectivity index (χ2v) is 8.43. The van der Waals surface area contributed by atoms with Gasteiger partial charge in [0, 0.05) is 37.2 Å². The Morgan fingerprint density at radius 2 is 2.06 bits per heavy atom. The molecule has 32 heavy (non-hydrogen) atoms. The monoisotopic (exact) mass is 449 g/mol. The van der Waals surface area contributed by atoms with Gasteiger partial charge in [-0.3, -0.25) is 9.78 Å². The van der Waals surface area contributed by atoms with E-state index < -0.39 is 0 Å². The number of hydrogen-bond acceptors (Lipinski definition) is 4. The molecule has 2 N–H and O–H groups in total. The van der Waals surface area contributed by atoms with E-state index in [-0.39, 0.29) is 18.0 Å². The summed E-state index contributed by atoms with van der Waals surface area (Å²) in [7, 11) is 1.58. The van der Waals surface area contributed by atoms with Crippen molar-refractivity contribution in [3.05, 3.63) is 72.3 Å². The summed E-state index contributed by atoms with van der Waals surface area (Å²) in [5.74, 6) is 0.422. The zero-order valence-electron chi connectivity index (χ0n) is 18.6. The maximum atomic E-state index is 11.7. The predicted octanol–water partition coefficient (Wildman–Crippen LogP) is 4.61. The number of nitrogens with zero attached hydrogens (tertiary/aromatic N) is 3. The van der Waals surface area contributed by atoms with Crippen LogP contribution in [-0.4, -0.2) is 27.7 Å². The first-order valence-corrected chi connectivity index (χ1v) is 10.9. The fraction of sp³-hybridized carbons (Fsp3) is 0.292. The highest BCUT2D eigenvalue weighted by Gasteiger charge is 2.41. The number of hydrogen-bond donors (Lipinski definition) is 2. The first-order chi connectivity index (χ1) is 15.4. The minimum atomic E-state index is -0.167. The second kappa shape index (κ2) is 9.00. The van der Waals surface area contributed by atoms with Crippen molar-refractivity contribution < 1.29 is 9.53 Å². The number of carbonyl (C=O) groups excluding carboxylic acids is 1. The average molecular weight is 450 g/mol. The van der Waals surface area contributed by atoms with E-state index in [9.17, 15) is 4.79 Å². The third-order valence-corrected chi connectivity index (χ3v) is 5.86. The zero-order chi connectivity index (χ0) is 22.8. The summed E-state index contributed by atoms with van der Waals surface area (Å²) in [6.45, 7) is 5.78. The van der Waals surface area contributed by atoms with Crippen molar-refractivity contribution >= 4 is 34.6 Å². The number of nitrogens with one attached hydrogen (secondary N) is 2. The van der Waals surface area contributed by atoms with Crippen LogP contribution in [-0.2, 0) is 4.79 Å². The number of methoxy groups -OCH3 is 1. The fourth-order valence-electron chi connectivity index (χ4n) is 4.03. The number of carbonyl (C=O) groups is 1. The molecular weight excluding hydrogens is 422 g/mol. The van der Waals surface area contributed by atoms with Gasteiger partial charge in [0.2, 0.25) is 5.91 Å². The summed E-state index contributed by atoms with van der Waals surface area (Å²) in [6, 6.07) is 13.8. The molecule has 2 aromatic heterocycles. The summed E-state index contributed by atoms with van der Waals surface area (Å²) in [5.41, 5.74) is 3.49. The van der Waals surface area contributed by atoms with E-state index in [2.05, 4.69) is 57.4 Å². The lowest BCUT2D eigenvalue weighted by Crippen LogP contribution is -2.29. The van der Waals surface area contributed by atoms with Gasteiger partial charge in [0.25, 0.3) is 0 Å². The van der Waals surface area contributed by atoms with E-state index in [0.29, 0.717) is 22.6 Å². The maximum Gasteiger partial charge on any atom is 0.221 e. The van der Waals surface area contributed by atoms with Crippen LogP contribution in [0.4, 0.5) is 11.4 Å². The Hall–Kier alpha value is -3.39. The highest BCUT2D eigenvalue weighted by atomic mass is 32.1. The Balaban J connectivity index is 1.82. The third-order valence-electron chi connectivity index (χ3n) is 5.55. The standard InChI is InChI=1S/C24H27N5O2S/c1-15(2)28-12-10-17(14-28)23-22(19-7-5-6-11-25-19)27-24(32)29(23)18-8-9-21(31-4)20(13-18)26-16(3)30/h5-15,22-23H,1-4H3,(H,26,30)(H,27,32). The van der Waals surface area contributed by atoms with Gasteiger partial charge in [0.15, 0.2) is 5.11 Å². The molecule has 0 saturated carbocycles. The van der Waals surface area contributed by atoms with E-state index in [4.69, 9.17) is 17.0 Å². The van der Waals surface area contributed by atoms with Crippen LogP contribution in [0.5, 0.6) is 5.75 Å². The van der Waals surface area contributed by atoms with Gasteiger partial charge in [0.1, 0.15) is 5.75 Å². The third kappa shape index (κ3) is 4.18. The van der Waals surface area contributed by atoms with Crippen molar-refractivity contribution in [2.24, 2.45) is 0 Å². The van der Waals surface area contributed by atoms with Gasteiger partial charge in [-0.2, -0.15) is 0 Å². The lowest BCUT2D eigenvalue weighted by atomic mass is 9.98. The highest BCUT2D eigenvalue weighted by molar-refractivity contribution is 7.80. The van der Waals surface area contributed by atoms with Gasteiger partial charge in [-0.15, -0.1) is 0 Å². The molecule has 4 rings (SSSR count). The van der Waals surface area contributed by atoms with Crippen LogP contribution in [0.3, 0.4) is 0 Å². The first kappa shape index (κ1) is 21.8. The van der Waals surface area contributed by atoms with Gasteiger partial charge in [-0.1, -0.05) is 6.07 Å². The normalized spacial score (nSPS) is 18.0. The van der Waals surface area contributed by atoms with Crippen LogP contribution in [0.15, 0.2) is 61.1 Å². The van der Waals surface area contributed by atoms with Crippen LogP contribution in [0, 0.1) is 0 Å². The molecule has 2 unspecified atom stereocenters. The van der Waals surface area contributed by atoms with Crippen molar-refractivity contribution in [3.8, 4) is 5.75 Å². The lowest BCUT2D eigenvalue weighted by molar-refractivity contribution is -0.114. The molecule has 1 aliphatic heterocycles. The van der Waals surface area contributed by atoms with Crippen molar-refractivity contribution in [3.63, 3.8) is 0 Å². The van der Waals surface area contributed by atoms with Crippen LogP contribution >= 0.6 is 12.2 Å². The van der Waals surface area contributed by atoms with Crippen LogP contribution < -0.4 is 20.3 Å². The molecule has 1 fully saturated rings. The van der Waals surface area contributed by atoms with Crippen molar-refractivity contribution in [1.82, 2.24) is 14.9 Å². The van der Waals surface area contributed by atoms with Gasteiger partial charge in [-0.05, 0) is 68.0 Å². The number of thiocarbonyl (C=S) groups is 1. The number of rotatable bonds is 6. The smallest absolute Gasteiger partial charge is 0.221 e. The molecule has 0 spiro atoms. The molecule has 0 radical (unpaired) electrons. The lowest BCUT2D eigenvalue weighted by Gasteiger charge is -2.28. The van der Waals surface area contributed by atoms with E-state index in [0.717, 1.165) is 16.9 Å². The summed E-state index contributed by atoms with van der Waals surface area (Å²) < 4.78 is 7.61. The minimum absolute atomic E-state index is 0.115.